The first-order valence-electron chi connectivity index (χ1n) is 4.97. The van der Waals surface area contributed by atoms with Crippen LogP contribution < -0.4 is 5.32 Å². The van der Waals surface area contributed by atoms with Crippen LogP contribution in [0.25, 0.3) is 0 Å². The molecule has 13 heavy (non-hydrogen) atoms. The van der Waals surface area contributed by atoms with Gasteiger partial charge in [-0.1, -0.05) is 13.3 Å². The number of hydrogen-bond acceptors (Lipinski definition) is 2. The Labute approximate surface area is 79.5 Å². The molecule has 0 aliphatic heterocycles. The van der Waals surface area contributed by atoms with E-state index in [4.69, 9.17) is 5.11 Å². The second-order valence-corrected chi connectivity index (χ2v) is 4.54. The van der Waals surface area contributed by atoms with Gasteiger partial charge in [0.05, 0.1) is 6.42 Å². The molecule has 0 amide bonds. The lowest BCUT2D eigenvalue weighted by atomic mass is 9.70. The fourth-order valence-corrected chi connectivity index (χ4v) is 1.71. The maximum absolute atomic E-state index is 10.4. The molecule has 0 radical (unpaired) electrons. The summed E-state index contributed by atoms with van der Waals surface area (Å²) in [6.07, 6.45) is 4.10. The maximum atomic E-state index is 10.4. The van der Waals surface area contributed by atoms with E-state index in [1.54, 1.807) is 0 Å². The summed E-state index contributed by atoms with van der Waals surface area (Å²) in [7, 11) is 0. The van der Waals surface area contributed by atoms with Crippen molar-refractivity contribution in [1.29, 1.82) is 0 Å². The molecule has 0 aromatic heterocycles. The molecule has 0 aromatic rings. The third-order valence-electron chi connectivity index (χ3n) is 2.92. The Bertz CT molecular complexity index is 187. The second kappa shape index (κ2) is 4.09. The molecule has 1 aliphatic carbocycles. The van der Waals surface area contributed by atoms with Gasteiger partial charge in [0.25, 0.3) is 0 Å². The highest BCUT2D eigenvalue weighted by Crippen LogP contribution is 2.39. The molecular formula is C10H19NO2. The molecule has 0 heterocycles. The van der Waals surface area contributed by atoms with Gasteiger partial charge >= 0.3 is 5.97 Å². The van der Waals surface area contributed by atoms with Gasteiger partial charge in [0.15, 0.2) is 0 Å². The number of rotatable bonds is 5. The minimum Gasteiger partial charge on any atom is -0.481 e. The van der Waals surface area contributed by atoms with Crippen molar-refractivity contribution in [3.8, 4) is 0 Å². The molecule has 1 atom stereocenters. The van der Waals surface area contributed by atoms with Crippen molar-refractivity contribution in [3.63, 3.8) is 0 Å². The van der Waals surface area contributed by atoms with Gasteiger partial charge in [0.2, 0.25) is 0 Å². The molecule has 1 aliphatic rings. The lowest BCUT2D eigenvalue weighted by molar-refractivity contribution is -0.137. The molecule has 0 bridgehead atoms. The van der Waals surface area contributed by atoms with Crippen LogP contribution in [0.5, 0.6) is 0 Å². The van der Waals surface area contributed by atoms with E-state index in [0.717, 1.165) is 6.54 Å². The predicted octanol–water partition coefficient (Wildman–Crippen LogP) is 1.63. The zero-order valence-corrected chi connectivity index (χ0v) is 8.47. The fourth-order valence-electron chi connectivity index (χ4n) is 1.71. The average Bonchev–Trinajstić information content (AvgIpc) is 1.96. The quantitative estimate of drug-likeness (QED) is 0.684. The Balaban J connectivity index is 2.14. The third-order valence-corrected chi connectivity index (χ3v) is 2.92. The summed E-state index contributed by atoms with van der Waals surface area (Å²) < 4.78 is 0. The van der Waals surface area contributed by atoms with Gasteiger partial charge in [-0.2, -0.15) is 0 Å². The molecule has 1 rings (SSSR count). The van der Waals surface area contributed by atoms with E-state index in [9.17, 15) is 4.79 Å². The van der Waals surface area contributed by atoms with E-state index in [0.29, 0.717) is 5.41 Å². The number of carboxylic acids is 1. The van der Waals surface area contributed by atoms with Gasteiger partial charge in [0.1, 0.15) is 0 Å². The van der Waals surface area contributed by atoms with Crippen molar-refractivity contribution < 1.29 is 9.90 Å². The first-order valence-corrected chi connectivity index (χ1v) is 4.97. The molecule has 0 aromatic carbocycles. The van der Waals surface area contributed by atoms with Crippen molar-refractivity contribution in [3.05, 3.63) is 0 Å². The van der Waals surface area contributed by atoms with E-state index < -0.39 is 5.97 Å². The molecule has 0 saturated heterocycles. The summed E-state index contributed by atoms with van der Waals surface area (Å²) in [5, 5.41) is 11.8. The van der Waals surface area contributed by atoms with E-state index in [1.807, 2.05) is 6.92 Å². The molecule has 1 fully saturated rings. The summed E-state index contributed by atoms with van der Waals surface area (Å²) in [6.45, 7) is 5.15. The van der Waals surface area contributed by atoms with E-state index >= 15 is 0 Å². The Morgan fingerprint density at radius 3 is 2.62 bits per heavy atom. The molecule has 0 spiro atoms. The number of nitrogens with one attached hydrogen (secondary N) is 1. The van der Waals surface area contributed by atoms with Crippen molar-refractivity contribution in [2.45, 2.75) is 45.6 Å². The summed E-state index contributed by atoms with van der Waals surface area (Å²) in [4.78, 5) is 10.4. The third kappa shape index (κ3) is 3.35. The molecule has 1 unspecified atom stereocenters. The fraction of sp³-hybridized carbons (Fsp3) is 0.900. The molecule has 1 saturated carbocycles. The van der Waals surface area contributed by atoms with Gasteiger partial charge in [-0.15, -0.1) is 0 Å². The standard InChI is InChI=1S/C10H19NO2/c1-8(6-9(12)13)11-7-10(2)4-3-5-10/h8,11H,3-7H2,1-2H3,(H,12,13). The maximum Gasteiger partial charge on any atom is 0.304 e. The Morgan fingerprint density at radius 2 is 2.23 bits per heavy atom. The van der Waals surface area contributed by atoms with Crippen molar-refractivity contribution in [2.24, 2.45) is 5.41 Å². The van der Waals surface area contributed by atoms with Gasteiger partial charge in [0, 0.05) is 12.6 Å². The SMILES string of the molecule is CC(CC(=O)O)NCC1(C)CCC1. The topological polar surface area (TPSA) is 49.3 Å². The van der Waals surface area contributed by atoms with Gasteiger partial charge in [-0.3, -0.25) is 4.79 Å². The highest BCUT2D eigenvalue weighted by Gasteiger charge is 2.31. The number of hydrogen-bond donors (Lipinski definition) is 2. The Morgan fingerprint density at radius 1 is 1.62 bits per heavy atom. The summed E-state index contributed by atoms with van der Waals surface area (Å²) in [5.74, 6) is -0.723. The molecular weight excluding hydrogens is 166 g/mol. The van der Waals surface area contributed by atoms with E-state index in [1.165, 1.54) is 19.3 Å². The lowest BCUT2D eigenvalue weighted by Crippen LogP contribution is -2.41. The zero-order valence-electron chi connectivity index (χ0n) is 8.47. The van der Waals surface area contributed by atoms with Crippen LogP contribution in [0.2, 0.25) is 0 Å². The van der Waals surface area contributed by atoms with Crippen molar-refractivity contribution >= 4 is 5.97 Å². The van der Waals surface area contributed by atoms with Crippen LogP contribution in [-0.2, 0) is 4.79 Å². The summed E-state index contributed by atoms with van der Waals surface area (Å²) in [6, 6.07) is 0.0925. The largest absolute Gasteiger partial charge is 0.481 e. The first-order chi connectivity index (χ1) is 6.02. The molecule has 3 nitrogen and oxygen atoms in total. The predicted molar refractivity (Wildman–Crippen MR) is 51.7 cm³/mol. The van der Waals surface area contributed by atoms with Crippen LogP contribution in [-0.4, -0.2) is 23.7 Å². The molecule has 2 N–H and O–H groups in total. The normalized spacial score (nSPS) is 22.0. The second-order valence-electron chi connectivity index (χ2n) is 4.54. The van der Waals surface area contributed by atoms with Crippen molar-refractivity contribution in [2.75, 3.05) is 6.54 Å². The summed E-state index contributed by atoms with van der Waals surface area (Å²) >= 11 is 0. The minimum atomic E-state index is -0.723. The molecule has 76 valence electrons. The number of carboxylic acid groups (broad SMARTS) is 1. The first kappa shape index (κ1) is 10.5. The van der Waals surface area contributed by atoms with Crippen LogP contribution in [0.4, 0.5) is 0 Å². The Hall–Kier alpha value is -0.570. The van der Waals surface area contributed by atoms with Gasteiger partial charge in [-0.05, 0) is 25.2 Å². The average molecular weight is 185 g/mol. The molecule has 3 heteroatoms. The van der Waals surface area contributed by atoms with Crippen LogP contribution in [0.15, 0.2) is 0 Å². The van der Waals surface area contributed by atoms with Gasteiger partial charge < -0.3 is 10.4 Å². The van der Waals surface area contributed by atoms with E-state index in [2.05, 4.69) is 12.2 Å². The van der Waals surface area contributed by atoms with Crippen molar-refractivity contribution in [1.82, 2.24) is 5.32 Å². The minimum absolute atomic E-state index is 0.0925. The van der Waals surface area contributed by atoms with Crippen LogP contribution in [0.3, 0.4) is 0 Å². The lowest BCUT2D eigenvalue weighted by Gasteiger charge is -2.39. The zero-order chi connectivity index (χ0) is 9.90. The van der Waals surface area contributed by atoms with Gasteiger partial charge in [-0.25, -0.2) is 0 Å². The van der Waals surface area contributed by atoms with Crippen LogP contribution in [0, 0.1) is 5.41 Å². The van der Waals surface area contributed by atoms with Crippen LogP contribution in [0.1, 0.15) is 39.5 Å². The Kier molecular flexibility index (Phi) is 3.31. The van der Waals surface area contributed by atoms with Crippen LogP contribution >= 0.6 is 0 Å². The monoisotopic (exact) mass is 185 g/mol. The van der Waals surface area contributed by atoms with E-state index in [-0.39, 0.29) is 12.5 Å². The highest BCUT2D eigenvalue weighted by atomic mass is 16.4. The smallest absolute Gasteiger partial charge is 0.304 e. The summed E-state index contributed by atoms with van der Waals surface area (Å²) in [5.41, 5.74) is 0.437. The number of aliphatic carboxylic acids is 1. The highest BCUT2D eigenvalue weighted by molar-refractivity contribution is 5.67. The number of carbonyl (C=O) groups is 1.